The Bertz CT molecular complexity index is 551. The van der Waals surface area contributed by atoms with Gasteiger partial charge in [-0.05, 0) is 44.2 Å². The highest BCUT2D eigenvalue weighted by Crippen LogP contribution is 2.20. The van der Waals surface area contributed by atoms with Gasteiger partial charge in [0.15, 0.2) is 0 Å². The maximum absolute atomic E-state index is 5.92. The van der Waals surface area contributed by atoms with E-state index in [1.165, 1.54) is 5.56 Å². The minimum absolute atomic E-state index is 0.412. The van der Waals surface area contributed by atoms with E-state index in [1.54, 1.807) is 6.07 Å². The molecular formula is C16H20ClNO2. The van der Waals surface area contributed by atoms with Crippen molar-refractivity contribution in [3.8, 4) is 5.75 Å². The van der Waals surface area contributed by atoms with Crippen molar-refractivity contribution < 1.29 is 9.15 Å². The molecule has 0 saturated heterocycles. The molecule has 20 heavy (non-hydrogen) atoms. The van der Waals surface area contributed by atoms with Crippen molar-refractivity contribution >= 4 is 11.6 Å². The zero-order valence-corrected chi connectivity index (χ0v) is 12.7. The first-order valence-electron chi connectivity index (χ1n) is 6.86. The topological polar surface area (TPSA) is 34.4 Å². The number of benzene rings is 1. The Labute approximate surface area is 124 Å². The third-order valence-electron chi connectivity index (χ3n) is 2.99. The summed E-state index contributed by atoms with van der Waals surface area (Å²) >= 11 is 5.92. The van der Waals surface area contributed by atoms with E-state index in [0.717, 1.165) is 36.8 Å². The van der Waals surface area contributed by atoms with Gasteiger partial charge in [0.1, 0.15) is 23.9 Å². The molecular weight excluding hydrogens is 274 g/mol. The molecule has 0 amide bonds. The van der Waals surface area contributed by atoms with E-state index in [-0.39, 0.29) is 0 Å². The van der Waals surface area contributed by atoms with Crippen molar-refractivity contribution in [1.82, 2.24) is 5.32 Å². The summed E-state index contributed by atoms with van der Waals surface area (Å²) in [5.41, 5.74) is 1.18. The first-order valence-corrected chi connectivity index (χ1v) is 7.24. The smallest absolute Gasteiger partial charge is 0.146 e. The van der Waals surface area contributed by atoms with Crippen molar-refractivity contribution in [2.24, 2.45) is 0 Å². The highest BCUT2D eigenvalue weighted by atomic mass is 35.5. The average Bonchev–Trinajstić information content (AvgIpc) is 2.78. The Balaban J connectivity index is 1.91. The molecule has 1 aromatic carbocycles. The number of ether oxygens (including phenoxy) is 1. The molecule has 1 heterocycles. The van der Waals surface area contributed by atoms with Crippen LogP contribution in [0, 0.1) is 6.92 Å². The van der Waals surface area contributed by atoms with Crippen molar-refractivity contribution in [2.45, 2.75) is 33.4 Å². The fourth-order valence-electron chi connectivity index (χ4n) is 1.95. The summed E-state index contributed by atoms with van der Waals surface area (Å²) in [5.74, 6) is 2.52. The van der Waals surface area contributed by atoms with E-state index < -0.39 is 0 Å². The van der Waals surface area contributed by atoms with Gasteiger partial charge in [-0.1, -0.05) is 24.6 Å². The lowest BCUT2D eigenvalue weighted by Gasteiger charge is -2.03. The van der Waals surface area contributed by atoms with Crippen LogP contribution < -0.4 is 10.1 Å². The summed E-state index contributed by atoms with van der Waals surface area (Å²) in [6.45, 7) is 6.39. The van der Waals surface area contributed by atoms with Gasteiger partial charge in [-0.3, -0.25) is 0 Å². The van der Waals surface area contributed by atoms with Gasteiger partial charge in [-0.25, -0.2) is 0 Å². The van der Waals surface area contributed by atoms with Crippen LogP contribution in [0.2, 0.25) is 5.02 Å². The van der Waals surface area contributed by atoms with Crippen molar-refractivity contribution in [3.63, 3.8) is 0 Å². The summed E-state index contributed by atoms with van der Waals surface area (Å²) in [4.78, 5) is 0. The lowest BCUT2D eigenvalue weighted by molar-refractivity contribution is 0.267. The second-order valence-electron chi connectivity index (χ2n) is 4.72. The second kappa shape index (κ2) is 7.36. The molecule has 0 fully saturated rings. The molecule has 1 aromatic heterocycles. The lowest BCUT2D eigenvalue weighted by Crippen LogP contribution is -2.13. The van der Waals surface area contributed by atoms with Crippen LogP contribution in [0.25, 0.3) is 0 Å². The summed E-state index contributed by atoms with van der Waals surface area (Å²) in [7, 11) is 0. The minimum Gasteiger partial charge on any atom is -0.486 e. The van der Waals surface area contributed by atoms with E-state index in [0.29, 0.717) is 11.6 Å². The van der Waals surface area contributed by atoms with Gasteiger partial charge in [0, 0.05) is 17.1 Å². The summed E-state index contributed by atoms with van der Waals surface area (Å²) in [5, 5.41) is 4.04. The molecule has 0 aliphatic heterocycles. The first-order chi connectivity index (χ1) is 9.69. The minimum atomic E-state index is 0.412. The molecule has 0 aliphatic rings. The molecule has 0 radical (unpaired) electrons. The quantitative estimate of drug-likeness (QED) is 0.772. The Morgan fingerprint density at radius 1 is 1.30 bits per heavy atom. The van der Waals surface area contributed by atoms with Gasteiger partial charge in [0.25, 0.3) is 0 Å². The molecule has 2 rings (SSSR count). The fourth-order valence-corrected chi connectivity index (χ4v) is 2.13. The third-order valence-corrected chi connectivity index (χ3v) is 3.23. The molecule has 4 heteroatoms. The van der Waals surface area contributed by atoms with Crippen molar-refractivity contribution in [1.29, 1.82) is 0 Å². The Kier molecular flexibility index (Phi) is 5.50. The number of aryl methyl sites for hydroxylation is 1. The maximum Gasteiger partial charge on any atom is 0.146 e. The highest BCUT2D eigenvalue weighted by molar-refractivity contribution is 6.30. The molecule has 108 valence electrons. The van der Waals surface area contributed by atoms with Crippen LogP contribution in [0.3, 0.4) is 0 Å². The average molecular weight is 294 g/mol. The lowest BCUT2D eigenvalue weighted by atomic mass is 10.2. The fraction of sp³-hybridized carbons (Fsp3) is 0.375. The second-order valence-corrected chi connectivity index (χ2v) is 5.15. The van der Waals surface area contributed by atoms with Crippen LogP contribution in [0.15, 0.2) is 34.7 Å². The van der Waals surface area contributed by atoms with Gasteiger partial charge >= 0.3 is 0 Å². The molecule has 3 nitrogen and oxygen atoms in total. The van der Waals surface area contributed by atoms with E-state index in [9.17, 15) is 0 Å². The van der Waals surface area contributed by atoms with Crippen molar-refractivity contribution in [3.05, 3.63) is 52.4 Å². The highest BCUT2D eigenvalue weighted by Gasteiger charge is 2.07. The Morgan fingerprint density at radius 3 is 2.90 bits per heavy atom. The number of rotatable bonds is 7. The SMILES string of the molecule is CCCNCc1cc(COc2cccc(Cl)c2)oc1C. The molecule has 2 aromatic rings. The van der Waals surface area contributed by atoms with E-state index in [2.05, 4.69) is 12.2 Å². The number of halogens is 1. The van der Waals surface area contributed by atoms with Gasteiger partial charge < -0.3 is 14.5 Å². The van der Waals surface area contributed by atoms with Crippen LogP contribution in [0.1, 0.15) is 30.4 Å². The zero-order valence-electron chi connectivity index (χ0n) is 11.9. The monoisotopic (exact) mass is 293 g/mol. The molecule has 1 N–H and O–H groups in total. The summed E-state index contributed by atoms with van der Waals surface area (Å²) in [6, 6.07) is 9.41. The predicted octanol–water partition coefficient (Wildman–Crippen LogP) is 4.32. The first kappa shape index (κ1) is 14.9. The zero-order chi connectivity index (χ0) is 14.4. The van der Waals surface area contributed by atoms with E-state index in [1.807, 2.05) is 31.2 Å². The number of furan rings is 1. The van der Waals surface area contributed by atoms with Gasteiger partial charge in [0.2, 0.25) is 0 Å². The van der Waals surface area contributed by atoms with Gasteiger partial charge in [-0.15, -0.1) is 0 Å². The number of hydrogen-bond acceptors (Lipinski definition) is 3. The number of nitrogens with one attached hydrogen (secondary N) is 1. The van der Waals surface area contributed by atoms with Gasteiger partial charge in [0.05, 0.1) is 0 Å². The summed E-state index contributed by atoms with van der Waals surface area (Å²) < 4.78 is 11.4. The van der Waals surface area contributed by atoms with Crippen LogP contribution in [0.5, 0.6) is 5.75 Å². The van der Waals surface area contributed by atoms with Crippen LogP contribution >= 0.6 is 11.6 Å². The number of hydrogen-bond donors (Lipinski definition) is 1. The Morgan fingerprint density at radius 2 is 2.15 bits per heavy atom. The van der Waals surface area contributed by atoms with Crippen LogP contribution in [-0.4, -0.2) is 6.54 Å². The van der Waals surface area contributed by atoms with Crippen molar-refractivity contribution in [2.75, 3.05) is 6.54 Å². The van der Waals surface area contributed by atoms with E-state index >= 15 is 0 Å². The largest absolute Gasteiger partial charge is 0.486 e. The third kappa shape index (κ3) is 4.29. The normalized spacial score (nSPS) is 10.8. The summed E-state index contributed by atoms with van der Waals surface area (Å²) in [6.07, 6.45) is 1.13. The Hall–Kier alpha value is -1.45. The van der Waals surface area contributed by atoms with Crippen LogP contribution in [0.4, 0.5) is 0 Å². The molecule has 0 unspecified atom stereocenters. The molecule has 0 saturated carbocycles. The molecule has 0 bridgehead atoms. The maximum atomic E-state index is 5.92. The van der Waals surface area contributed by atoms with Gasteiger partial charge in [-0.2, -0.15) is 0 Å². The molecule has 0 spiro atoms. The van der Waals surface area contributed by atoms with E-state index in [4.69, 9.17) is 20.8 Å². The predicted molar refractivity (Wildman–Crippen MR) is 81.2 cm³/mol. The molecule has 0 aliphatic carbocycles. The standard InChI is InChI=1S/C16H20ClNO2/c1-3-7-18-10-13-8-16(20-12(13)2)11-19-15-6-4-5-14(17)9-15/h4-6,8-9,18H,3,7,10-11H2,1-2H3. The van der Waals surface area contributed by atoms with Crippen LogP contribution in [-0.2, 0) is 13.2 Å². The molecule has 0 atom stereocenters.